The third-order valence-corrected chi connectivity index (χ3v) is 5.89. The van der Waals surface area contributed by atoms with Gasteiger partial charge in [0.05, 0.1) is 6.54 Å². The van der Waals surface area contributed by atoms with E-state index in [-0.39, 0.29) is 17.4 Å². The second-order valence-corrected chi connectivity index (χ2v) is 8.28. The first-order valence-electron chi connectivity index (χ1n) is 7.72. The van der Waals surface area contributed by atoms with E-state index < -0.39 is 27.5 Å². The molecule has 0 spiro atoms. The van der Waals surface area contributed by atoms with Crippen LogP contribution in [0.25, 0.3) is 0 Å². The van der Waals surface area contributed by atoms with Crippen molar-refractivity contribution in [2.45, 2.75) is 24.1 Å². The van der Waals surface area contributed by atoms with E-state index in [1.54, 1.807) is 25.3 Å². The second-order valence-electron chi connectivity index (χ2n) is 6.20. The van der Waals surface area contributed by atoms with Gasteiger partial charge in [-0.2, -0.15) is 0 Å². The zero-order chi connectivity index (χ0) is 19.1. The fourth-order valence-electron chi connectivity index (χ4n) is 2.61. The van der Waals surface area contributed by atoms with Crippen molar-refractivity contribution in [2.24, 2.45) is 0 Å². The minimum Gasteiger partial charge on any atom is -0.446 e. The van der Waals surface area contributed by atoms with Crippen LogP contribution in [-0.2, 0) is 26.9 Å². The maximum atomic E-state index is 12.8. The van der Waals surface area contributed by atoms with Crippen molar-refractivity contribution in [3.05, 3.63) is 48.0 Å². The molecule has 3 heterocycles. The van der Waals surface area contributed by atoms with Crippen LogP contribution in [0.1, 0.15) is 18.2 Å². The Bertz CT molecular complexity index is 954. The smallest absolute Gasteiger partial charge is 0.325 e. The maximum Gasteiger partial charge on any atom is 0.325 e. The predicted octanol–water partition coefficient (Wildman–Crippen LogP) is 0.892. The molecule has 1 aliphatic rings. The summed E-state index contributed by atoms with van der Waals surface area (Å²) < 4.78 is 30.5. The number of furan rings is 1. The van der Waals surface area contributed by atoms with Gasteiger partial charge in [0.25, 0.3) is 15.9 Å². The highest BCUT2D eigenvalue weighted by Crippen LogP contribution is 2.29. The summed E-state index contributed by atoms with van der Waals surface area (Å²) in [7, 11) is -0.962. The van der Waals surface area contributed by atoms with Gasteiger partial charge in [-0.05, 0) is 25.1 Å². The van der Waals surface area contributed by atoms with E-state index in [9.17, 15) is 18.0 Å². The molecule has 0 saturated carbocycles. The molecule has 2 aromatic heterocycles. The van der Waals surface area contributed by atoms with Crippen LogP contribution in [0.5, 0.6) is 0 Å². The lowest BCUT2D eigenvalue weighted by atomic mass is 9.93. The van der Waals surface area contributed by atoms with Gasteiger partial charge >= 0.3 is 6.03 Å². The van der Waals surface area contributed by atoms with E-state index in [1.165, 1.54) is 32.4 Å². The Labute approximate surface area is 150 Å². The number of sulfonamides is 1. The van der Waals surface area contributed by atoms with Crippen molar-refractivity contribution in [3.8, 4) is 0 Å². The number of aromatic nitrogens is 1. The van der Waals surface area contributed by atoms with E-state index >= 15 is 0 Å². The lowest BCUT2D eigenvalue weighted by Gasteiger charge is -2.21. The van der Waals surface area contributed by atoms with Gasteiger partial charge in [0.15, 0.2) is 0 Å². The molecule has 1 N–H and O–H groups in total. The van der Waals surface area contributed by atoms with Gasteiger partial charge in [-0.25, -0.2) is 17.5 Å². The van der Waals surface area contributed by atoms with Crippen LogP contribution < -0.4 is 5.32 Å². The van der Waals surface area contributed by atoms with Crippen LogP contribution in [0.2, 0.25) is 0 Å². The number of pyridine rings is 1. The number of imide groups is 1. The first-order chi connectivity index (χ1) is 12.2. The topological polar surface area (TPSA) is 113 Å². The van der Waals surface area contributed by atoms with Crippen molar-refractivity contribution in [1.29, 1.82) is 0 Å². The molecule has 3 rings (SSSR count). The first-order valence-corrected chi connectivity index (χ1v) is 9.16. The van der Waals surface area contributed by atoms with Gasteiger partial charge in [0, 0.05) is 32.1 Å². The molecule has 1 aliphatic heterocycles. The molecule has 0 aromatic carbocycles. The van der Waals surface area contributed by atoms with Crippen LogP contribution in [0.3, 0.4) is 0 Å². The summed E-state index contributed by atoms with van der Waals surface area (Å²) in [5.41, 5.74) is -0.688. The van der Waals surface area contributed by atoms with E-state index in [1.807, 2.05) is 0 Å². The predicted molar refractivity (Wildman–Crippen MR) is 90.3 cm³/mol. The standard InChI is InChI=1S/C16H18N4O5S/c1-16(11-5-4-8-17-9-11)14(21)20(15(22)18-16)10-12-6-7-13(25-12)26(23,24)19(2)3/h4-9H,10H2,1-3H3,(H,18,22)/t16-/m1/s1. The van der Waals surface area contributed by atoms with Gasteiger partial charge in [0.2, 0.25) is 5.09 Å². The van der Waals surface area contributed by atoms with Crippen molar-refractivity contribution in [1.82, 2.24) is 19.5 Å². The van der Waals surface area contributed by atoms with Crippen LogP contribution in [-0.4, -0.2) is 48.6 Å². The molecule has 9 nitrogen and oxygen atoms in total. The number of rotatable bonds is 5. The zero-order valence-electron chi connectivity index (χ0n) is 14.5. The molecule has 0 aliphatic carbocycles. The Kier molecular flexibility index (Phi) is 4.32. The van der Waals surface area contributed by atoms with E-state index in [2.05, 4.69) is 10.3 Å². The summed E-state index contributed by atoms with van der Waals surface area (Å²) >= 11 is 0. The number of nitrogens with one attached hydrogen (secondary N) is 1. The fourth-order valence-corrected chi connectivity index (χ4v) is 3.42. The van der Waals surface area contributed by atoms with E-state index in [4.69, 9.17) is 4.42 Å². The average Bonchev–Trinajstić information content (AvgIpc) is 3.16. The molecule has 0 bridgehead atoms. The fraction of sp³-hybridized carbons (Fsp3) is 0.312. The number of nitrogens with zero attached hydrogens (tertiary/aromatic N) is 3. The number of hydrogen-bond donors (Lipinski definition) is 1. The van der Waals surface area contributed by atoms with Gasteiger partial charge in [-0.1, -0.05) is 6.07 Å². The molecule has 0 unspecified atom stereocenters. The normalized spacial score (nSPS) is 20.7. The zero-order valence-corrected chi connectivity index (χ0v) is 15.3. The van der Waals surface area contributed by atoms with Crippen molar-refractivity contribution in [2.75, 3.05) is 14.1 Å². The van der Waals surface area contributed by atoms with Crippen molar-refractivity contribution < 1.29 is 22.4 Å². The Balaban J connectivity index is 1.85. The molecule has 10 heteroatoms. The number of carbonyl (C=O) groups is 2. The number of hydrogen-bond acceptors (Lipinski definition) is 6. The van der Waals surface area contributed by atoms with Gasteiger partial charge in [0.1, 0.15) is 11.3 Å². The first kappa shape index (κ1) is 18.1. The molecule has 138 valence electrons. The third-order valence-electron chi connectivity index (χ3n) is 4.20. The molecule has 1 fully saturated rings. The van der Waals surface area contributed by atoms with Gasteiger partial charge in [-0.15, -0.1) is 0 Å². The quantitative estimate of drug-likeness (QED) is 0.773. The molecular formula is C16H18N4O5S. The van der Waals surface area contributed by atoms with Crippen LogP contribution >= 0.6 is 0 Å². The highest BCUT2D eigenvalue weighted by molar-refractivity contribution is 7.88. The second kappa shape index (κ2) is 6.22. The summed E-state index contributed by atoms with van der Waals surface area (Å²) in [5, 5.41) is 2.40. The monoisotopic (exact) mass is 378 g/mol. The Morgan fingerprint density at radius 3 is 2.62 bits per heavy atom. The minimum absolute atomic E-state index is 0.177. The summed E-state index contributed by atoms with van der Waals surface area (Å²) in [6.07, 6.45) is 3.08. The molecule has 26 heavy (non-hydrogen) atoms. The van der Waals surface area contributed by atoms with Gasteiger partial charge < -0.3 is 9.73 Å². The highest BCUT2D eigenvalue weighted by Gasteiger charge is 2.49. The van der Waals surface area contributed by atoms with Crippen molar-refractivity contribution in [3.63, 3.8) is 0 Å². The largest absolute Gasteiger partial charge is 0.446 e. The van der Waals surface area contributed by atoms with E-state index in [0.29, 0.717) is 5.56 Å². The van der Waals surface area contributed by atoms with Crippen molar-refractivity contribution >= 4 is 22.0 Å². The van der Waals surface area contributed by atoms with Crippen LogP contribution in [0.15, 0.2) is 46.2 Å². The lowest BCUT2D eigenvalue weighted by molar-refractivity contribution is -0.131. The number of carbonyl (C=O) groups excluding carboxylic acids is 2. The Hall–Kier alpha value is -2.72. The van der Waals surface area contributed by atoms with Crippen LogP contribution in [0.4, 0.5) is 4.79 Å². The number of amides is 3. The molecule has 1 atom stereocenters. The van der Waals surface area contributed by atoms with E-state index in [0.717, 1.165) is 9.21 Å². The SMILES string of the molecule is CN(C)S(=O)(=O)c1ccc(CN2C(=O)N[C@](C)(c3cccnc3)C2=O)o1. The summed E-state index contributed by atoms with van der Waals surface area (Å²) in [6.45, 7) is 1.41. The van der Waals surface area contributed by atoms with Gasteiger partial charge in [-0.3, -0.25) is 14.7 Å². The Morgan fingerprint density at radius 2 is 2.00 bits per heavy atom. The molecule has 3 amide bonds. The lowest BCUT2D eigenvalue weighted by Crippen LogP contribution is -2.40. The van der Waals surface area contributed by atoms with Crippen LogP contribution in [0, 0.1) is 0 Å². The average molecular weight is 378 g/mol. The number of urea groups is 1. The molecule has 0 radical (unpaired) electrons. The third kappa shape index (κ3) is 2.86. The summed E-state index contributed by atoms with van der Waals surface area (Å²) in [6, 6.07) is 5.51. The maximum absolute atomic E-state index is 12.8. The molecular weight excluding hydrogens is 360 g/mol. The molecule has 1 saturated heterocycles. The minimum atomic E-state index is -3.73. The summed E-state index contributed by atoms with van der Waals surface area (Å²) in [5.74, 6) is -0.284. The summed E-state index contributed by atoms with van der Waals surface area (Å²) in [4.78, 5) is 30.1. The Morgan fingerprint density at radius 1 is 1.27 bits per heavy atom. The molecule has 2 aromatic rings. The highest BCUT2D eigenvalue weighted by atomic mass is 32.2.